The van der Waals surface area contributed by atoms with Crippen LogP contribution < -0.4 is 5.32 Å². The van der Waals surface area contributed by atoms with Crippen molar-refractivity contribution in [1.29, 1.82) is 0 Å². The summed E-state index contributed by atoms with van der Waals surface area (Å²) in [5.41, 5.74) is 0. The Kier molecular flexibility index (Phi) is 12.4. The second-order valence-corrected chi connectivity index (χ2v) is 10.6. The van der Waals surface area contributed by atoms with Crippen molar-refractivity contribution in [1.82, 2.24) is 5.32 Å². The van der Waals surface area contributed by atoms with Gasteiger partial charge in [0.25, 0.3) is 0 Å². The second kappa shape index (κ2) is 14.7. The van der Waals surface area contributed by atoms with Crippen LogP contribution in [0.25, 0.3) is 0 Å². The molecule has 0 aromatic carbocycles. The fraction of sp³-hybridized carbons (Fsp3) is 0.957. The van der Waals surface area contributed by atoms with Crippen LogP contribution in [-0.2, 0) is 28.5 Å². The number of nitrogens with one attached hydrogen (secondary N) is 1. The molecule has 42 heavy (non-hydrogen) atoms. The predicted octanol–water partition coefficient (Wildman–Crippen LogP) is -8.32. The maximum absolute atomic E-state index is 11.6. The summed E-state index contributed by atoms with van der Waals surface area (Å²) in [6.45, 7) is -1.93. The Morgan fingerprint density at radius 2 is 1.64 bits per heavy atom. The molecule has 3 aliphatic heterocycles. The van der Waals surface area contributed by atoms with Crippen molar-refractivity contribution in [3.8, 4) is 0 Å². The summed E-state index contributed by atoms with van der Waals surface area (Å²) in [5, 5.41) is 124. The zero-order valence-electron chi connectivity index (χ0n) is 22.5. The number of hydrogen-bond acceptors (Lipinski definition) is 18. The van der Waals surface area contributed by atoms with Gasteiger partial charge in [0, 0.05) is 13.3 Å². The van der Waals surface area contributed by atoms with E-state index in [4.69, 9.17) is 23.7 Å². The Labute approximate surface area is 239 Å². The van der Waals surface area contributed by atoms with Crippen molar-refractivity contribution in [3.05, 3.63) is 0 Å². The number of carbonyl (C=O) groups excluding carboxylic acids is 1. The number of amides is 1. The van der Waals surface area contributed by atoms with Crippen molar-refractivity contribution in [2.24, 2.45) is 0 Å². The van der Waals surface area contributed by atoms with E-state index in [9.17, 15) is 66.1 Å². The molecule has 3 rings (SSSR count). The molecule has 13 N–H and O–H groups in total. The highest BCUT2D eigenvalue weighted by molar-refractivity contribution is 5.73. The lowest BCUT2D eigenvalue weighted by molar-refractivity contribution is -0.358. The van der Waals surface area contributed by atoms with Gasteiger partial charge in [-0.1, -0.05) is 0 Å². The third-order valence-electron chi connectivity index (χ3n) is 7.35. The largest absolute Gasteiger partial charge is 0.394 e. The summed E-state index contributed by atoms with van der Waals surface area (Å²) in [5.74, 6) is -2.96. The van der Waals surface area contributed by atoms with Crippen LogP contribution in [0.3, 0.4) is 0 Å². The molecule has 1 amide bonds. The molecule has 246 valence electrons. The summed E-state index contributed by atoms with van der Waals surface area (Å²) < 4.78 is 26.8. The molecular weight excluding hydrogens is 580 g/mol. The summed E-state index contributed by atoms with van der Waals surface area (Å²) >= 11 is 0. The van der Waals surface area contributed by atoms with Crippen molar-refractivity contribution in [2.75, 3.05) is 26.4 Å². The van der Waals surface area contributed by atoms with Crippen molar-refractivity contribution < 1.29 is 89.8 Å². The molecule has 19 nitrogen and oxygen atoms in total. The Balaban J connectivity index is 1.66. The first-order valence-electron chi connectivity index (χ1n) is 13.2. The van der Waals surface area contributed by atoms with E-state index in [0.717, 1.165) is 6.92 Å². The SMILES string of the molecule is CC(=O)N[C@H]1[C@H]([C@H](O)[C@H](O)CO)O[C@](O)([14CH2]OC[C@H]2O[C@@H](O[C@H]3[C@H](O)[C@@H](O)[C@@H](O)O[C@@H]3CO)[C@H](O)[C@@H](O)[C@H]2O)C[C@@H]1O. The Hall–Kier alpha value is -1.21. The van der Waals surface area contributed by atoms with Gasteiger partial charge in [-0.3, -0.25) is 4.79 Å². The van der Waals surface area contributed by atoms with Gasteiger partial charge in [0.05, 0.1) is 32.0 Å². The Morgan fingerprint density at radius 1 is 0.976 bits per heavy atom. The minimum absolute atomic E-state index is 0.562. The van der Waals surface area contributed by atoms with Crippen LogP contribution in [0.4, 0.5) is 0 Å². The van der Waals surface area contributed by atoms with Crippen molar-refractivity contribution >= 4 is 5.91 Å². The quantitative estimate of drug-likeness (QED) is 0.102. The second-order valence-electron chi connectivity index (χ2n) is 10.6. The van der Waals surface area contributed by atoms with Crippen LogP contribution in [0.2, 0.25) is 0 Å². The van der Waals surface area contributed by atoms with Crippen molar-refractivity contribution in [3.63, 3.8) is 0 Å². The van der Waals surface area contributed by atoms with Gasteiger partial charge in [-0.15, -0.1) is 0 Å². The summed E-state index contributed by atoms with van der Waals surface area (Å²) in [6, 6.07) is -1.29. The number of rotatable bonds is 11. The van der Waals surface area contributed by atoms with Gasteiger partial charge in [-0.25, -0.2) is 0 Å². The zero-order valence-corrected chi connectivity index (χ0v) is 22.5. The standard InChI is InChI=1S/C23H41NO18/c1-7(27)24-12-8(28)2-23(37,42-20(12)13(30)9(29)3-25)6-38-5-11-14(31)15(32)18(35)22(40-11)41-19-10(4-26)39-21(36)17(34)16(19)33/h8-22,25-26,28-37H,2-6H2,1H3,(H,24,27)/t8-,9+,10+,11+,12+,13+,14-,15-,16+,17+,18+,19+,20+,21-,22-,23-/m0/s1/i6+2. The lowest BCUT2D eigenvalue weighted by Gasteiger charge is -2.47. The summed E-state index contributed by atoms with van der Waals surface area (Å²) in [4.78, 5) is 11.6. The van der Waals surface area contributed by atoms with E-state index in [1.54, 1.807) is 0 Å². The lowest BCUT2D eigenvalue weighted by Crippen LogP contribution is -2.66. The minimum atomic E-state index is -2.34. The zero-order chi connectivity index (χ0) is 31.5. The van der Waals surface area contributed by atoms with Crippen LogP contribution in [0, 0.1) is 0 Å². The van der Waals surface area contributed by atoms with Crippen LogP contribution in [-0.4, -0.2) is 191 Å². The van der Waals surface area contributed by atoms with Gasteiger partial charge in [0.2, 0.25) is 5.91 Å². The van der Waals surface area contributed by atoms with Gasteiger partial charge in [0.1, 0.15) is 73.8 Å². The monoisotopic (exact) mass is 621 g/mol. The molecular formula is C23H41NO18. The first kappa shape index (κ1) is 35.3. The highest BCUT2D eigenvalue weighted by atomic mass is 16.8. The Morgan fingerprint density at radius 3 is 2.24 bits per heavy atom. The van der Waals surface area contributed by atoms with Crippen LogP contribution >= 0.6 is 0 Å². The first-order valence-corrected chi connectivity index (χ1v) is 13.2. The van der Waals surface area contributed by atoms with E-state index in [1.165, 1.54) is 0 Å². The topological polar surface area (TPSA) is 318 Å². The molecule has 16 atom stereocenters. The number of carbonyl (C=O) groups is 1. The van der Waals surface area contributed by atoms with E-state index in [0.29, 0.717) is 0 Å². The summed E-state index contributed by atoms with van der Waals surface area (Å²) in [7, 11) is 0. The Bertz CT molecular complexity index is 869. The highest BCUT2D eigenvalue weighted by Gasteiger charge is 2.52. The normalized spacial score (nSPS) is 46.2. The van der Waals surface area contributed by atoms with E-state index in [2.05, 4.69) is 5.32 Å². The number of aliphatic hydroxyl groups excluding tert-OH is 11. The summed E-state index contributed by atoms with van der Waals surface area (Å²) in [6.07, 6.45) is -24.6. The highest BCUT2D eigenvalue weighted by Crippen LogP contribution is 2.32. The molecule has 3 saturated heterocycles. The number of hydrogen-bond donors (Lipinski definition) is 13. The van der Waals surface area contributed by atoms with Gasteiger partial charge in [-0.05, 0) is 0 Å². The molecule has 0 spiro atoms. The molecule has 0 bridgehead atoms. The molecule has 3 heterocycles. The molecule has 3 aliphatic rings. The smallest absolute Gasteiger partial charge is 0.217 e. The van der Waals surface area contributed by atoms with Crippen molar-refractivity contribution in [2.45, 2.75) is 111 Å². The van der Waals surface area contributed by atoms with E-state index in [1.807, 2.05) is 0 Å². The van der Waals surface area contributed by atoms with Gasteiger partial charge >= 0.3 is 0 Å². The van der Waals surface area contributed by atoms with Gasteiger partial charge < -0.3 is 90.3 Å². The molecule has 0 radical (unpaired) electrons. The third kappa shape index (κ3) is 7.89. The van der Waals surface area contributed by atoms with Crippen LogP contribution in [0.15, 0.2) is 0 Å². The molecule has 0 saturated carbocycles. The molecule has 0 aromatic heterocycles. The first-order chi connectivity index (χ1) is 19.6. The fourth-order valence-corrected chi connectivity index (χ4v) is 5.05. The van der Waals surface area contributed by atoms with E-state index < -0.39 is 136 Å². The molecule has 0 aliphatic carbocycles. The third-order valence-corrected chi connectivity index (χ3v) is 7.35. The average molecular weight is 622 g/mol. The molecule has 0 unspecified atom stereocenters. The predicted molar refractivity (Wildman–Crippen MR) is 130 cm³/mol. The lowest BCUT2D eigenvalue weighted by atomic mass is 9.91. The van der Waals surface area contributed by atoms with Crippen LogP contribution in [0.5, 0.6) is 0 Å². The number of aliphatic hydroxyl groups is 12. The average Bonchev–Trinajstić information content (AvgIpc) is 2.94. The maximum atomic E-state index is 11.6. The fourth-order valence-electron chi connectivity index (χ4n) is 5.05. The van der Waals surface area contributed by atoms with Crippen LogP contribution in [0.1, 0.15) is 13.3 Å². The van der Waals surface area contributed by atoms with E-state index in [-0.39, 0.29) is 0 Å². The molecule has 3 fully saturated rings. The van der Waals surface area contributed by atoms with E-state index >= 15 is 0 Å². The number of ether oxygens (including phenoxy) is 5. The molecule has 19 heteroatoms. The van der Waals surface area contributed by atoms with Gasteiger partial charge in [-0.2, -0.15) is 0 Å². The van der Waals surface area contributed by atoms with Gasteiger partial charge in [0.15, 0.2) is 18.4 Å². The molecule has 0 aromatic rings. The minimum Gasteiger partial charge on any atom is -0.394 e. The maximum Gasteiger partial charge on any atom is 0.217 e.